The maximum absolute atomic E-state index is 13.1. The van der Waals surface area contributed by atoms with Crippen LogP contribution in [0.2, 0.25) is 5.02 Å². The second kappa shape index (κ2) is 11.4. The van der Waals surface area contributed by atoms with E-state index < -0.39 is 6.04 Å². The van der Waals surface area contributed by atoms with Gasteiger partial charge in [-0.1, -0.05) is 23.7 Å². The zero-order valence-corrected chi connectivity index (χ0v) is 20.3. The van der Waals surface area contributed by atoms with Gasteiger partial charge in [-0.05, 0) is 69.7 Å². The lowest BCUT2D eigenvalue weighted by molar-refractivity contribution is -0.140. The van der Waals surface area contributed by atoms with Crippen molar-refractivity contribution in [2.24, 2.45) is 0 Å². The number of carbonyl (C=O) groups is 2. The summed E-state index contributed by atoms with van der Waals surface area (Å²) in [6.07, 6.45) is 0.324. The van der Waals surface area contributed by atoms with Gasteiger partial charge in [-0.15, -0.1) is 11.8 Å². The second-order valence-electron chi connectivity index (χ2n) is 8.34. The number of hydrogen-bond acceptors (Lipinski definition) is 4. The Morgan fingerprint density at radius 3 is 2.45 bits per heavy atom. The van der Waals surface area contributed by atoms with Crippen LogP contribution in [0, 0.1) is 0 Å². The SMILES string of the molecule is COc1cccc(CN(C(=O)CCSc2ccc(Cl)cc2)[C@H](C)C(=O)NC(C)(C)C)c1. The maximum Gasteiger partial charge on any atom is 0.242 e. The molecule has 0 radical (unpaired) electrons. The molecule has 168 valence electrons. The summed E-state index contributed by atoms with van der Waals surface area (Å²) in [4.78, 5) is 28.6. The Morgan fingerprint density at radius 1 is 1.16 bits per heavy atom. The van der Waals surface area contributed by atoms with E-state index in [1.54, 1.807) is 30.7 Å². The van der Waals surface area contributed by atoms with Crippen molar-refractivity contribution in [1.82, 2.24) is 10.2 Å². The molecule has 0 saturated carbocycles. The van der Waals surface area contributed by atoms with Crippen LogP contribution in [0.25, 0.3) is 0 Å². The summed E-state index contributed by atoms with van der Waals surface area (Å²) in [5.41, 5.74) is 0.536. The maximum atomic E-state index is 13.1. The summed E-state index contributed by atoms with van der Waals surface area (Å²) in [5.74, 6) is 1.09. The molecule has 0 saturated heterocycles. The molecule has 2 amide bonds. The molecule has 1 atom stereocenters. The predicted molar refractivity (Wildman–Crippen MR) is 128 cm³/mol. The summed E-state index contributed by atoms with van der Waals surface area (Å²) >= 11 is 7.52. The molecule has 0 bridgehead atoms. The van der Waals surface area contributed by atoms with Gasteiger partial charge in [0.25, 0.3) is 0 Å². The number of ether oxygens (including phenoxy) is 1. The van der Waals surface area contributed by atoms with Crippen molar-refractivity contribution in [2.45, 2.75) is 57.1 Å². The lowest BCUT2D eigenvalue weighted by Gasteiger charge is -2.31. The summed E-state index contributed by atoms with van der Waals surface area (Å²) < 4.78 is 5.30. The number of halogens is 1. The second-order valence-corrected chi connectivity index (χ2v) is 9.95. The Bertz CT molecular complexity index is 881. The molecule has 0 aromatic heterocycles. The van der Waals surface area contributed by atoms with Crippen molar-refractivity contribution < 1.29 is 14.3 Å². The number of benzene rings is 2. The van der Waals surface area contributed by atoms with Gasteiger partial charge in [0, 0.05) is 34.2 Å². The molecule has 2 aromatic rings. The highest BCUT2D eigenvalue weighted by molar-refractivity contribution is 7.99. The minimum Gasteiger partial charge on any atom is -0.497 e. The van der Waals surface area contributed by atoms with E-state index in [4.69, 9.17) is 16.3 Å². The third-order valence-electron chi connectivity index (χ3n) is 4.55. The van der Waals surface area contributed by atoms with Gasteiger partial charge < -0.3 is 15.0 Å². The van der Waals surface area contributed by atoms with Crippen LogP contribution >= 0.6 is 23.4 Å². The summed E-state index contributed by atoms with van der Waals surface area (Å²) in [6, 6.07) is 14.5. The lowest BCUT2D eigenvalue weighted by atomic mass is 10.1. The third kappa shape index (κ3) is 8.46. The first kappa shape index (κ1) is 25.1. The molecule has 31 heavy (non-hydrogen) atoms. The topological polar surface area (TPSA) is 58.6 Å². The summed E-state index contributed by atoms with van der Waals surface area (Å²) in [5, 5.41) is 3.66. The number of rotatable bonds is 9. The fourth-order valence-electron chi connectivity index (χ4n) is 2.95. The zero-order valence-electron chi connectivity index (χ0n) is 18.8. The molecular formula is C24H31ClN2O3S. The molecule has 2 aromatic carbocycles. The normalized spacial score (nSPS) is 12.2. The van der Waals surface area contributed by atoms with Crippen LogP contribution in [-0.4, -0.2) is 41.2 Å². The van der Waals surface area contributed by atoms with Crippen LogP contribution in [0.3, 0.4) is 0 Å². The first-order valence-electron chi connectivity index (χ1n) is 10.2. The van der Waals surface area contributed by atoms with Gasteiger partial charge in [0.15, 0.2) is 0 Å². The number of carbonyl (C=O) groups excluding carboxylic acids is 2. The average molecular weight is 463 g/mol. The number of nitrogens with zero attached hydrogens (tertiary/aromatic N) is 1. The highest BCUT2D eigenvalue weighted by Crippen LogP contribution is 2.22. The van der Waals surface area contributed by atoms with E-state index in [0.717, 1.165) is 16.2 Å². The average Bonchev–Trinajstić information content (AvgIpc) is 2.71. The molecule has 0 aliphatic carbocycles. The van der Waals surface area contributed by atoms with Gasteiger partial charge in [-0.2, -0.15) is 0 Å². The quantitative estimate of drug-likeness (QED) is 0.523. The number of amides is 2. The van der Waals surface area contributed by atoms with Crippen molar-refractivity contribution in [3.05, 3.63) is 59.1 Å². The molecule has 0 spiro atoms. The highest BCUT2D eigenvalue weighted by Gasteiger charge is 2.28. The number of thioether (sulfide) groups is 1. The molecular weight excluding hydrogens is 432 g/mol. The molecule has 0 heterocycles. The molecule has 7 heteroatoms. The number of hydrogen-bond donors (Lipinski definition) is 1. The van der Waals surface area contributed by atoms with Gasteiger partial charge in [0.05, 0.1) is 7.11 Å². The molecule has 2 rings (SSSR count). The minimum atomic E-state index is -0.599. The van der Waals surface area contributed by atoms with Gasteiger partial charge in [-0.3, -0.25) is 9.59 Å². The Hall–Kier alpha value is -2.18. The Morgan fingerprint density at radius 2 is 1.84 bits per heavy atom. The molecule has 0 fully saturated rings. The molecule has 0 aliphatic heterocycles. The van der Waals surface area contributed by atoms with E-state index in [1.165, 1.54) is 0 Å². The van der Waals surface area contributed by atoms with Crippen molar-refractivity contribution in [2.75, 3.05) is 12.9 Å². The van der Waals surface area contributed by atoms with Crippen molar-refractivity contribution in [3.8, 4) is 5.75 Å². The molecule has 5 nitrogen and oxygen atoms in total. The van der Waals surface area contributed by atoms with E-state index >= 15 is 0 Å². The Balaban J connectivity index is 2.11. The van der Waals surface area contributed by atoms with E-state index in [2.05, 4.69) is 5.32 Å². The van der Waals surface area contributed by atoms with E-state index in [1.807, 2.05) is 69.3 Å². The van der Waals surface area contributed by atoms with E-state index in [0.29, 0.717) is 23.7 Å². The first-order chi connectivity index (χ1) is 14.6. The highest BCUT2D eigenvalue weighted by atomic mass is 35.5. The standard InChI is InChI=1S/C24H31ClN2O3S/c1-17(23(29)26-24(2,3)4)27(16-18-7-6-8-20(15-18)30-5)22(28)13-14-31-21-11-9-19(25)10-12-21/h6-12,15,17H,13-14,16H2,1-5H3,(H,26,29)/t17-/m1/s1. The first-order valence-corrected chi connectivity index (χ1v) is 11.6. The largest absolute Gasteiger partial charge is 0.497 e. The van der Waals surface area contributed by atoms with Crippen molar-refractivity contribution in [1.29, 1.82) is 0 Å². The van der Waals surface area contributed by atoms with E-state index in [-0.39, 0.29) is 17.4 Å². The summed E-state index contributed by atoms with van der Waals surface area (Å²) in [7, 11) is 1.61. The minimum absolute atomic E-state index is 0.0687. The zero-order chi connectivity index (χ0) is 23.0. The summed E-state index contributed by atoms with van der Waals surface area (Å²) in [6.45, 7) is 7.88. The molecule has 0 unspecified atom stereocenters. The molecule has 1 N–H and O–H groups in total. The van der Waals surface area contributed by atoms with E-state index in [9.17, 15) is 9.59 Å². The van der Waals surface area contributed by atoms with Crippen molar-refractivity contribution >= 4 is 35.2 Å². The van der Waals surface area contributed by atoms with Crippen LogP contribution in [0.1, 0.15) is 39.7 Å². The van der Waals surface area contributed by atoms with Gasteiger partial charge in [-0.25, -0.2) is 0 Å². The number of methoxy groups -OCH3 is 1. The van der Waals surface area contributed by atoms with Gasteiger partial charge >= 0.3 is 0 Å². The van der Waals surface area contributed by atoms with Gasteiger partial charge in [0.2, 0.25) is 11.8 Å². The number of nitrogens with one attached hydrogen (secondary N) is 1. The van der Waals surface area contributed by atoms with Crippen LogP contribution < -0.4 is 10.1 Å². The lowest BCUT2D eigenvalue weighted by Crippen LogP contribution is -2.52. The predicted octanol–water partition coefficient (Wildman–Crippen LogP) is 5.16. The van der Waals surface area contributed by atoms with Crippen LogP contribution in [-0.2, 0) is 16.1 Å². The molecule has 0 aliphatic rings. The van der Waals surface area contributed by atoms with Crippen LogP contribution in [0.15, 0.2) is 53.4 Å². The van der Waals surface area contributed by atoms with Crippen LogP contribution in [0.4, 0.5) is 0 Å². The van der Waals surface area contributed by atoms with Crippen molar-refractivity contribution in [3.63, 3.8) is 0 Å². The third-order valence-corrected chi connectivity index (χ3v) is 5.82. The fraction of sp³-hybridized carbons (Fsp3) is 0.417. The monoisotopic (exact) mass is 462 g/mol. The van der Waals surface area contributed by atoms with Crippen LogP contribution in [0.5, 0.6) is 5.75 Å². The smallest absolute Gasteiger partial charge is 0.242 e. The van der Waals surface area contributed by atoms with Gasteiger partial charge in [0.1, 0.15) is 11.8 Å². The fourth-order valence-corrected chi connectivity index (χ4v) is 3.92. The Kier molecular flexibility index (Phi) is 9.26. The Labute approximate surface area is 194 Å².